The molecule has 0 spiro atoms. The van der Waals surface area contributed by atoms with Crippen LogP contribution in [0.25, 0.3) is 0 Å². The van der Waals surface area contributed by atoms with E-state index in [0.717, 1.165) is 32.2 Å². The molecule has 0 saturated heterocycles. The van der Waals surface area contributed by atoms with Crippen LogP contribution in [0.15, 0.2) is 16.6 Å². The maximum Gasteiger partial charge on any atom is 0.143 e. The molecule has 0 aliphatic heterocycles. The second-order valence-corrected chi connectivity index (χ2v) is 7.45. The van der Waals surface area contributed by atoms with Crippen molar-refractivity contribution in [2.24, 2.45) is 5.41 Å². The summed E-state index contributed by atoms with van der Waals surface area (Å²) in [4.78, 5) is 0. The molecule has 2 rings (SSSR count). The van der Waals surface area contributed by atoms with Crippen LogP contribution >= 0.6 is 15.9 Å². The van der Waals surface area contributed by atoms with E-state index in [1.807, 2.05) is 0 Å². The van der Waals surface area contributed by atoms with Gasteiger partial charge < -0.3 is 5.32 Å². The van der Waals surface area contributed by atoms with E-state index in [1.165, 1.54) is 18.6 Å². The largest absolute Gasteiger partial charge is 0.314 e. The Bertz CT molecular complexity index is 482. The summed E-state index contributed by atoms with van der Waals surface area (Å²) >= 11 is 3.17. The maximum absolute atomic E-state index is 14.3. The summed E-state index contributed by atoms with van der Waals surface area (Å²) in [5.74, 6) is -0.866. The van der Waals surface area contributed by atoms with E-state index in [1.54, 1.807) is 0 Å². The standard InChI is InChI=1S/C17H24BrF2N/c1-12(2)21-11-17(8-4-3-5-9-17)10-13-15(19)7-6-14(18)16(13)20/h6-7,12,21H,3-5,8-11H2,1-2H3. The molecule has 0 amide bonds. The van der Waals surface area contributed by atoms with Crippen molar-refractivity contribution in [2.45, 2.75) is 58.4 Å². The smallest absolute Gasteiger partial charge is 0.143 e. The topological polar surface area (TPSA) is 12.0 Å². The Morgan fingerprint density at radius 2 is 1.86 bits per heavy atom. The Morgan fingerprint density at radius 1 is 1.19 bits per heavy atom. The van der Waals surface area contributed by atoms with E-state index in [-0.39, 0.29) is 11.0 Å². The van der Waals surface area contributed by atoms with Crippen molar-refractivity contribution in [1.82, 2.24) is 5.32 Å². The number of rotatable bonds is 5. The molecule has 0 heterocycles. The number of halogens is 3. The Hall–Kier alpha value is -0.480. The summed E-state index contributed by atoms with van der Waals surface area (Å²) in [6.45, 7) is 5.05. The molecule has 1 N–H and O–H groups in total. The third-order valence-corrected chi connectivity index (χ3v) is 5.10. The first kappa shape index (κ1) is 16.9. The van der Waals surface area contributed by atoms with E-state index in [4.69, 9.17) is 0 Å². The molecule has 1 aromatic carbocycles. The zero-order valence-electron chi connectivity index (χ0n) is 12.8. The molecule has 0 bridgehead atoms. The first-order valence-electron chi connectivity index (χ1n) is 7.79. The van der Waals surface area contributed by atoms with Gasteiger partial charge in [-0.25, -0.2) is 8.78 Å². The summed E-state index contributed by atoms with van der Waals surface area (Å²) in [6, 6.07) is 3.18. The lowest BCUT2D eigenvalue weighted by Gasteiger charge is -2.38. The minimum Gasteiger partial charge on any atom is -0.314 e. The molecular weight excluding hydrogens is 336 g/mol. The number of hydrogen-bond acceptors (Lipinski definition) is 1. The number of hydrogen-bond donors (Lipinski definition) is 1. The van der Waals surface area contributed by atoms with Gasteiger partial charge in [0.05, 0.1) is 4.47 Å². The van der Waals surface area contributed by atoms with Gasteiger partial charge in [0.1, 0.15) is 11.6 Å². The second-order valence-electron chi connectivity index (χ2n) is 6.59. The van der Waals surface area contributed by atoms with Crippen molar-refractivity contribution in [2.75, 3.05) is 6.54 Å². The van der Waals surface area contributed by atoms with E-state index in [0.29, 0.717) is 16.9 Å². The van der Waals surface area contributed by atoms with Crippen molar-refractivity contribution in [3.63, 3.8) is 0 Å². The fourth-order valence-electron chi connectivity index (χ4n) is 3.24. The molecule has 0 atom stereocenters. The van der Waals surface area contributed by atoms with E-state index in [9.17, 15) is 8.78 Å². The van der Waals surface area contributed by atoms with Crippen LogP contribution in [-0.2, 0) is 6.42 Å². The highest BCUT2D eigenvalue weighted by Gasteiger charge is 2.34. The number of benzene rings is 1. The molecule has 118 valence electrons. The van der Waals surface area contributed by atoms with Crippen molar-refractivity contribution >= 4 is 15.9 Å². The predicted molar refractivity (Wildman–Crippen MR) is 86.4 cm³/mol. The Morgan fingerprint density at radius 3 is 2.48 bits per heavy atom. The highest BCUT2D eigenvalue weighted by Crippen LogP contribution is 2.40. The molecular formula is C17H24BrF2N. The Kier molecular flexibility index (Phi) is 5.78. The summed E-state index contributed by atoms with van der Waals surface area (Å²) < 4.78 is 28.7. The number of nitrogens with one attached hydrogen (secondary N) is 1. The van der Waals surface area contributed by atoms with E-state index < -0.39 is 11.6 Å². The average molecular weight is 360 g/mol. The van der Waals surface area contributed by atoms with Gasteiger partial charge in [-0.3, -0.25) is 0 Å². The SMILES string of the molecule is CC(C)NCC1(Cc2c(F)ccc(Br)c2F)CCCCC1. The summed E-state index contributed by atoms with van der Waals surface area (Å²) in [6.07, 6.45) is 6.08. The fourth-order valence-corrected chi connectivity index (χ4v) is 3.62. The predicted octanol–water partition coefficient (Wildman–Crippen LogP) is 5.22. The molecule has 21 heavy (non-hydrogen) atoms. The third-order valence-electron chi connectivity index (χ3n) is 4.49. The second kappa shape index (κ2) is 7.19. The molecule has 0 unspecified atom stereocenters. The molecule has 0 aromatic heterocycles. The maximum atomic E-state index is 14.3. The molecule has 1 nitrogen and oxygen atoms in total. The van der Waals surface area contributed by atoms with Crippen LogP contribution in [-0.4, -0.2) is 12.6 Å². The van der Waals surface area contributed by atoms with E-state index in [2.05, 4.69) is 35.1 Å². The molecule has 1 aromatic rings. The van der Waals surface area contributed by atoms with Gasteiger partial charge in [-0.1, -0.05) is 33.1 Å². The summed E-state index contributed by atoms with van der Waals surface area (Å²) in [5, 5.41) is 3.47. The molecule has 1 saturated carbocycles. The van der Waals surface area contributed by atoms with Crippen LogP contribution in [0.2, 0.25) is 0 Å². The van der Waals surface area contributed by atoms with Crippen LogP contribution in [0.1, 0.15) is 51.5 Å². The van der Waals surface area contributed by atoms with Crippen LogP contribution in [0.3, 0.4) is 0 Å². The summed E-state index contributed by atoms with van der Waals surface area (Å²) in [5.41, 5.74) is 0.210. The van der Waals surface area contributed by atoms with E-state index >= 15 is 0 Å². The van der Waals surface area contributed by atoms with Crippen molar-refractivity contribution in [3.05, 3.63) is 33.8 Å². The highest BCUT2D eigenvalue weighted by atomic mass is 79.9. The van der Waals surface area contributed by atoms with Gasteiger partial charge in [-0.15, -0.1) is 0 Å². The lowest BCUT2D eigenvalue weighted by Crippen LogP contribution is -2.40. The Balaban J connectivity index is 2.24. The lowest BCUT2D eigenvalue weighted by atomic mass is 9.70. The summed E-state index contributed by atoms with van der Waals surface area (Å²) in [7, 11) is 0. The van der Waals surface area contributed by atoms with Gasteiger partial charge >= 0.3 is 0 Å². The first-order valence-corrected chi connectivity index (χ1v) is 8.59. The lowest BCUT2D eigenvalue weighted by molar-refractivity contribution is 0.173. The first-order chi connectivity index (χ1) is 9.93. The molecule has 4 heteroatoms. The molecule has 1 aliphatic carbocycles. The van der Waals surface area contributed by atoms with Gasteiger partial charge in [-0.2, -0.15) is 0 Å². The van der Waals surface area contributed by atoms with Crippen LogP contribution in [0.4, 0.5) is 8.78 Å². The van der Waals surface area contributed by atoms with Crippen LogP contribution in [0, 0.1) is 17.0 Å². The molecule has 1 fully saturated rings. The van der Waals surface area contributed by atoms with Crippen molar-refractivity contribution in [3.8, 4) is 0 Å². The Labute approximate surface area is 134 Å². The van der Waals surface area contributed by atoms with Gasteiger partial charge in [-0.05, 0) is 52.7 Å². The quantitative estimate of drug-likeness (QED) is 0.710. The zero-order chi connectivity index (χ0) is 15.5. The third kappa shape index (κ3) is 4.26. The minimum absolute atomic E-state index is 0.0228. The van der Waals surface area contributed by atoms with Gasteiger partial charge in [0, 0.05) is 18.2 Å². The zero-order valence-corrected chi connectivity index (χ0v) is 14.4. The van der Waals surface area contributed by atoms with Gasteiger partial charge in [0.25, 0.3) is 0 Å². The van der Waals surface area contributed by atoms with Crippen molar-refractivity contribution < 1.29 is 8.78 Å². The van der Waals surface area contributed by atoms with Crippen LogP contribution < -0.4 is 5.32 Å². The van der Waals surface area contributed by atoms with Crippen LogP contribution in [0.5, 0.6) is 0 Å². The van der Waals surface area contributed by atoms with Crippen molar-refractivity contribution in [1.29, 1.82) is 0 Å². The average Bonchev–Trinajstić information content (AvgIpc) is 2.47. The van der Waals surface area contributed by atoms with Gasteiger partial charge in [0.15, 0.2) is 0 Å². The fraction of sp³-hybridized carbons (Fsp3) is 0.647. The minimum atomic E-state index is -0.440. The highest BCUT2D eigenvalue weighted by molar-refractivity contribution is 9.10. The normalized spacial score (nSPS) is 18.2. The molecule has 1 aliphatic rings. The monoisotopic (exact) mass is 359 g/mol. The molecule has 0 radical (unpaired) electrons. The van der Waals surface area contributed by atoms with Gasteiger partial charge in [0.2, 0.25) is 0 Å².